The van der Waals surface area contributed by atoms with Gasteiger partial charge in [-0.25, -0.2) is 0 Å². The van der Waals surface area contributed by atoms with Crippen LogP contribution in [-0.2, 0) is 0 Å². The first kappa shape index (κ1) is 15.9. The van der Waals surface area contributed by atoms with Gasteiger partial charge in [-0.05, 0) is 25.1 Å². The second kappa shape index (κ2) is 6.55. The van der Waals surface area contributed by atoms with E-state index in [4.69, 9.17) is 16.3 Å². The van der Waals surface area contributed by atoms with Crippen molar-refractivity contribution in [3.63, 3.8) is 0 Å². The average molecular weight is 391 g/mol. The minimum absolute atomic E-state index is 0.113. The molecule has 1 aromatic carbocycles. The summed E-state index contributed by atoms with van der Waals surface area (Å²) < 4.78 is 6.51. The zero-order valence-electron chi connectivity index (χ0n) is 10.7. The van der Waals surface area contributed by atoms with E-state index in [0.29, 0.717) is 13.7 Å². The lowest BCUT2D eigenvalue weighted by Crippen LogP contribution is -2.23. The Morgan fingerprint density at radius 1 is 1.43 bits per heavy atom. The first-order valence-corrected chi connectivity index (χ1v) is 7.77. The van der Waals surface area contributed by atoms with Crippen LogP contribution in [0.5, 0.6) is 5.75 Å². The number of benzene rings is 1. The van der Waals surface area contributed by atoms with Crippen molar-refractivity contribution in [2.45, 2.75) is 13.0 Å². The fraction of sp³-hybridized carbons (Fsp3) is 0.154. The third-order valence-electron chi connectivity index (χ3n) is 2.57. The molecule has 5 nitrogen and oxygen atoms in total. The molecule has 8 heteroatoms. The fourth-order valence-electron chi connectivity index (χ4n) is 1.63. The van der Waals surface area contributed by atoms with Gasteiger partial charge >= 0.3 is 0 Å². The molecule has 110 valence electrons. The Kier molecular flexibility index (Phi) is 4.97. The first-order valence-electron chi connectivity index (χ1n) is 5.78. The number of hydrogen-bond donors (Lipinski definition) is 0. The number of nitro benzene ring substituents is 1. The third-order valence-corrected chi connectivity index (χ3v) is 4.27. The number of ketones is 1. The van der Waals surface area contributed by atoms with Gasteiger partial charge in [-0.1, -0.05) is 27.5 Å². The standard InChI is InChI=1S/C13H9BrClNO4S/c1-7(13(17)11-2-3-12(15)21-11)20-10-5-8(14)4-9(6-10)16(18)19/h2-7H,1H3. The van der Waals surface area contributed by atoms with Crippen LogP contribution >= 0.6 is 38.9 Å². The summed E-state index contributed by atoms with van der Waals surface area (Å²) in [7, 11) is 0. The lowest BCUT2D eigenvalue weighted by atomic mass is 10.2. The largest absolute Gasteiger partial charge is 0.482 e. The number of hydrogen-bond acceptors (Lipinski definition) is 5. The molecule has 1 aromatic heterocycles. The highest BCUT2D eigenvalue weighted by Crippen LogP contribution is 2.28. The number of carbonyl (C=O) groups excluding carboxylic acids is 1. The molecule has 0 N–H and O–H groups in total. The van der Waals surface area contributed by atoms with Crippen LogP contribution in [0, 0.1) is 10.1 Å². The summed E-state index contributed by atoms with van der Waals surface area (Å²) in [6.07, 6.45) is -0.770. The van der Waals surface area contributed by atoms with Gasteiger partial charge < -0.3 is 4.74 Å². The van der Waals surface area contributed by atoms with Gasteiger partial charge in [-0.15, -0.1) is 11.3 Å². The summed E-state index contributed by atoms with van der Waals surface area (Å²) in [5.41, 5.74) is -0.113. The van der Waals surface area contributed by atoms with Crippen LogP contribution in [0.2, 0.25) is 4.34 Å². The third kappa shape index (κ3) is 4.03. The highest BCUT2D eigenvalue weighted by molar-refractivity contribution is 9.10. The summed E-state index contributed by atoms with van der Waals surface area (Å²) in [6.45, 7) is 1.59. The highest BCUT2D eigenvalue weighted by atomic mass is 79.9. The van der Waals surface area contributed by atoms with Gasteiger partial charge in [0.15, 0.2) is 6.10 Å². The Morgan fingerprint density at radius 2 is 2.14 bits per heavy atom. The molecule has 2 aromatic rings. The molecule has 2 rings (SSSR count). The molecule has 0 aliphatic rings. The maximum Gasteiger partial charge on any atom is 0.274 e. The molecule has 1 unspecified atom stereocenters. The summed E-state index contributed by atoms with van der Waals surface area (Å²) in [4.78, 5) is 22.9. The topological polar surface area (TPSA) is 69.4 Å². The predicted octanol–water partition coefficient (Wildman–Crippen LogP) is 4.72. The highest BCUT2D eigenvalue weighted by Gasteiger charge is 2.20. The SMILES string of the molecule is CC(Oc1cc(Br)cc([N+](=O)[O-])c1)C(=O)c1ccc(Cl)s1. The van der Waals surface area contributed by atoms with Crippen LogP contribution in [-0.4, -0.2) is 16.8 Å². The molecular weight excluding hydrogens is 382 g/mol. The molecule has 1 atom stereocenters. The minimum atomic E-state index is -0.770. The number of nitro groups is 1. The monoisotopic (exact) mass is 389 g/mol. The van der Waals surface area contributed by atoms with Gasteiger partial charge in [-0.3, -0.25) is 14.9 Å². The summed E-state index contributed by atoms with van der Waals surface area (Å²) in [5, 5.41) is 10.8. The van der Waals surface area contributed by atoms with Crippen molar-refractivity contribution in [3.8, 4) is 5.75 Å². The second-order valence-corrected chi connectivity index (χ2v) is 6.76. The Balaban J connectivity index is 2.17. The van der Waals surface area contributed by atoms with Gasteiger partial charge in [0.2, 0.25) is 5.78 Å². The number of nitrogens with zero attached hydrogens (tertiary/aromatic N) is 1. The van der Waals surface area contributed by atoms with E-state index in [9.17, 15) is 14.9 Å². The lowest BCUT2D eigenvalue weighted by Gasteiger charge is -2.13. The van der Waals surface area contributed by atoms with Gasteiger partial charge in [0.05, 0.1) is 20.2 Å². The van der Waals surface area contributed by atoms with Crippen LogP contribution in [0.25, 0.3) is 0 Å². The average Bonchev–Trinajstić information content (AvgIpc) is 2.83. The van der Waals surface area contributed by atoms with E-state index in [2.05, 4.69) is 15.9 Å². The zero-order valence-corrected chi connectivity index (χ0v) is 13.9. The summed E-state index contributed by atoms with van der Waals surface area (Å²) in [5.74, 6) is 0.0223. The molecule has 0 saturated carbocycles. The molecule has 0 fully saturated rings. The number of non-ortho nitro benzene ring substituents is 1. The van der Waals surface area contributed by atoms with Crippen LogP contribution in [0.1, 0.15) is 16.6 Å². The minimum Gasteiger partial charge on any atom is -0.482 e. The van der Waals surface area contributed by atoms with E-state index in [0.717, 1.165) is 11.3 Å². The molecule has 0 amide bonds. The van der Waals surface area contributed by atoms with E-state index >= 15 is 0 Å². The number of carbonyl (C=O) groups is 1. The van der Waals surface area contributed by atoms with Gasteiger partial charge in [0, 0.05) is 10.5 Å². The molecule has 21 heavy (non-hydrogen) atoms. The molecule has 0 aliphatic carbocycles. The zero-order chi connectivity index (χ0) is 15.6. The van der Waals surface area contributed by atoms with Crippen LogP contribution in [0.15, 0.2) is 34.8 Å². The van der Waals surface area contributed by atoms with E-state index in [1.54, 1.807) is 25.1 Å². The van der Waals surface area contributed by atoms with E-state index in [1.165, 1.54) is 12.1 Å². The molecule has 1 heterocycles. The van der Waals surface area contributed by atoms with Crippen molar-refractivity contribution >= 4 is 50.3 Å². The number of Topliss-reactive ketones (excluding diaryl/α,β-unsaturated/α-hetero) is 1. The predicted molar refractivity (Wildman–Crippen MR) is 84.5 cm³/mol. The van der Waals surface area contributed by atoms with Crippen LogP contribution < -0.4 is 4.74 Å². The van der Waals surface area contributed by atoms with E-state index < -0.39 is 11.0 Å². The fourth-order valence-corrected chi connectivity index (χ4v) is 3.15. The smallest absolute Gasteiger partial charge is 0.274 e. The van der Waals surface area contributed by atoms with Gasteiger partial charge in [-0.2, -0.15) is 0 Å². The summed E-state index contributed by atoms with van der Waals surface area (Å²) in [6, 6.07) is 7.46. The Labute approximate surface area is 137 Å². The van der Waals surface area contributed by atoms with Crippen molar-refractivity contribution < 1.29 is 14.5 Å². The van der Waals surface area contributed by atoms with Gasteiger partial charge in [0.25, 0.3) is 5.69 Å². The molecule has 0 radical (unpaired) electrons. The number of rotatable bonds is 5. The Morgan fingerprint density at radius 3 is 2.71 bits per heavy atom. The summed E-state index contributed by atoms with van der Waals surface area (Å²) >= 11 is 10.1. The molecule has 0 aliphatic heterocycles. The van der Waals surface area contributed by atoms with Crippen molar-refractivity contribution in [3.05, 3.63) is 54.1 Å². The van der Waals surface area contributed by atoms with Crippen molar-refractivity contribution in [2.24, 2.45) is 0 Å². The van der Waals surface area contributed by atoms with E-state index in [1.807, 2.05) is 0 Å². The number of thiophene rings is 1. The maximum absolute atomic E-state index is 12.1. The quantitative estimate of drug-likeness (QED) is 0.421. The van der Waals surface area contributed by atoms with Gasteiger partial charge in [0.1, 0.15) is 5.75 Å². The van der Waals surface area contributed by atoms with Crippen molar-refractivity contribution in [2.75, 3.05) is 0 Å². The maximum atomic E-state index is 12.1. The van der Waals surface area contributed by atoms with E-state index in [-0.39, 0.29) is 17.2 Å². The molecular formula is C13H9BrClNO4S. The molecule has 0 saturated heterocycles. The van der Waals surface area contributed by atoms with Crippen molar-refractivity contribution in [1.29, 1.82) is 0 Å². The Hall–Kier alpha value is -1.44. The van der Waals surface area contributed by atoms with Crippen molar-refractivity contribution in [1.82, 2.24) is 0 Å². The van der Waals surface area contributed by atoms with Crippen LogP contribution in [0.4, 0.5) is 5.69 Å². The normalized spacial score (nSPS) is 12.0. The molecule has 0 spiro atoms. The lowest BCUT2D eigenvalue weighted by molar-refractivity contribution is -0.385. The number of halogens is 2. The second-order valence-electron chi connectivity index (χ2n) is 4.13. The Bertz CT molecular complexity index is 703. The number of ether oxygens (including phenoxy) is 1. The first-order chi connectivity index (χ1) is 9.86. The molecule has 0 bridgehead atoms. The van der Waals surface area contributed by atoms with Crippen LogP contribution in [0.3, 0.4) is 0 Å².